The molecule has 0 atom stereocenters. The van der Waals surface area contributed by atoms with Crippen LogP contribution < -0.4 is 11.1 Å². The second-order valence-electron chi connectivity index (χ2n) is 6.56. The first-order chi connectivity index (χ1) is 11.9. The molecule has 0 aromatic heterocycles. The van der Waals surface area contributed by atoms with E-state index in [1.54, 1.807) is 24.1 Å². The number of nitrogens with two attached hydrogens (primary N) is 1. The van der Waals surface area contributed by atoms with Crippen LogP contribution in [0.2, 0.25) is 0 Å². The first kappa shape index (κ1) is 18.8. The zero-order chi connectivity index (χ0) is 18.4. The topological polar surface area (TPSA) is 102 Å². The molecule has 1 aliphatic rings. The van der Waals surface area contributed by atoms with Crippen LogP contribution in [-0.2, 0) is 9.53 Å². The largest absolute Gasteiger partial charge is 0.452 e. The summed E-state index contributed by atoms with van der Waals surface area (Å²) in [7, 11) is 1.76. The van der Waals surface area contributed by atoms with Crippen molar-refractivity contribution < 1.29 is 19.1 Å². The van der Waals surface area contributed by atoms with E-state index in [1.165, 1.54) is 12.1 Å². The van der Waals surface area contributed by atoms with Crippen molar-refractivity contribution in [3.8, 4) is 0 Å². The second-order valence-corrected chi connectivity index (χ2v) is 6.56. The average molecular weight is 347 g/mol. The van der Waals surface area contributed by atoms with Gasteiger partial charge in [-0.2, -0.15) is 0 Å². The summed E-state index contributed by atoms with van der Waals surface area (Å²) in [6.07, 6.45) is 4.22. The number of urea groups is 1. The lowest BCUT2D eigenvalue weighted by Crippen LogP contribution is -2.41. The van der Waals surface area contributed by atoms with E-state index in [0.29, 0.717) is 17.2 Å². The van der Waals surface area contributed by atoms with Gasteiger partial charge in [-0.15, -0.1) is 0 Å². The van der Waals surface area contributed by atoms with Gasteiger partial charge in [-0.05, 0) is 55.9 Å². The van der Waals surface area contributed by atoms with Crippen LogP contribution in [0.15, 0.2) is 24.3 Å². The molecule has 0 heterocycles. The van der Waals surface area contributed by atoms with Crippen LogP contribution in [0.4, 0.5) is 10.5 Å². The van der Waals surface area contributed by atoms with Gasteiger partial charge in [-0.25, -0.2) is 9.59 Å². The van der Waals surface area contributed by atoms with Crippen LogP contribution >= 0.6 is 0 Å². The number of benzene rings is 1. The number of esters is 1. The van der Waals surface area contributed by atoms with E-state index in [0.717, 1.165) is 25.7 Å². The van der Waals surface area contributed by atoms with Crippen LogP contribution in [0.3, 0.4) is 0 Å². The Morgan fingerprint density at radius 3 is 2.32 bits per heavy atom. The van der Waals surface area contributed by atoms with Crippen LogP contribution in [0.25, 0.3) is 0 Å². The first-order valence-electron chi connectivity index (χ1n) is 8.46. The predicted molar refractivity (Wildman–Crippen MR) is 94.1 cm³/mol. The Balaban J connectivity index is 1.82. The van der Waals surface area contributed by atoms with Gasteiger partial charge in [-0.3, -0.25) is 4.79 Å². The number of nitrogens with one attached hydrogen (secondary N) is 1. The third kappa shape index (κ3) is 5.48. The van der Waals surface area contributed by atoms with E-state index < -0.39 is 12.0 Å². The van der Waals surface area contributed by atoms with Crippen LogP contribution in [-0.4, -0.2) is 42.5 Å². The average Bonchev–Trinajstić information content (AvgIpc) is 2.59. The number of carbonyl (C=O) groups is 3. The molecule has 0 unspecified atom stereocenters. The fourth-order valence-corrected chi connectivity index (χ4v) is 2.98. The van der Waals surface area contributed by atoms with Crippen LogP contribution in [0.5, 0.6) is 0 Å². The van der Waals surface area contributed by atoms with Gasteiger partial charge in [0.05, 0.1) is 5.56 Å². The molecule has 7 heteroatoms. The zero-order valence-electron chi connectivity index (χ0n) is 14.7. The third-order valence-electron chi connectivity index (χ3n) is 4.64. The molecule has 1 aliphatic carbocycles. The summed E-state index contributed by atoms with van der Waals surface area (Å²) in [5.74, 6) is -0.0610. The Labute approximate surface area is 147 Å². The summed E-state index contributed by atoms with van der Waals surface area (Å²) in [6, 6.07) is 5.63. The summed E-state index contributed by atoms with van der Waals surface area (Å²) in [5, 5.41) is 2.40. The molecule has 3 amide bonds. The van der Waals surface area contributed by atoms with Gasteiger partial charge < -0.3 is 20.7 Å². The summed E-state index contributed by atoms with van der Waals surface area (Å²) in [5.41, 5.74) is 5.80. The fourth-order valence-electron chi connectivity index (χ4n) is 2.98. The minimum absolute atomic E-state index is 0.195. The Morgan fingerprint density at radius 1 is 1.16 bits per heavy atom. The minimum Gasteiger partial charge on any atom is -0.452 e. The van der Waals surface area contributed by atoms with E-state index in [1.807, 2.05) is 0 Å². The van der Waals surface area contributed by atoms with Crippen molar-refractivity contribution in [2.24, 2.45) is 11.7 Å². The number of primary amides is 1. The van der Waals surface area contributed by atoms with Gasteiger partial charge in [0, 0.05) is 18.8 Å². The molecule has 1 saturated carbocycles. The highest BCUT2D eigenvalue weighted by atomic mass is 16.5. The molecule has 0 bridgehead atoms. The summed E-state index contributed by atoms with van der Waals surface area (Å²) >= 11 is 0. The molecule has 1 aromatic carbocycles. The monoisotopic (exact) mass is 347 g/mol. The molecule has 7 nitrogen and oxygen atoms in total. The molecule has 3 N–H and O–H groups in total. The van der Waals surface area contributed by atoms with E-state index in [4.69, 9.17) is 10.5 Å². The van der Waals surface area contributed by atoms with Crippen molar-refractivity contribution in [2.75, 3.05) is 19.0 Å². The molecule has 0 spiro atoms. The Bertz CT molecular complexity index is 622. The molecule has 1 aromatic rings. The number of nitrogens with zero attached hydrogens (tertiary/aromatic N) is 1. The standard InChI is InChI=1S/C18H25N3O4/c1-12-3-9-15(10-4-12)21(2)16(22)11-25-17(23)13-5-7-14(8-6-13)20-18(19)24/h5-8,12,15H,3-4,9-11H2,1-2H3,(H3,19,20,24). The smallest absolute Gasteiger partial charge is 0.338 e. The lowest BCUT2D eigenvalue weighted by atomic mass is 9.87. The first-order valence-corrected chi connectivity index (χ1v) is 8.46. The van der Waals surface area contributed by atoms with Gasteiger partial charge >= 0.3 is 12.0 Å². The number of anilines is 1. The predicted octanol–water partition coefficient (Wildman–Crippen LogP) is 2.37. The number of amides is 3. The van der Waals surface area contributed by atoms with E-state index in [-0.39, 0.29) is 18.6 Å². The van der Waals surface area contributed by atoms with Crippen molar-refractivity contribution in [2.45, 2.75) is 38.6 Å². The second kappa shape index (κ2) is 8.50. The molecule has 0 saturated heterocycles. The van der Waals surface area contributed by atoms with Crippen molar-refractivity contribution >= 4 is 23.6 Å². The molecule has 0 aliphatic heterocycles. The van der Waals surface area contributed by atoms with Crippen LogP contribution in [0.1, 0.15) is 43.0 Å². The van der Waals surface area contributed by atoms with Crippen molar-refractivity contribution in [1.29, 1.82) is 0 Å². The summed E-state index contributed by atoms with van der Waals surface area (Å²) in [6.45, 7) is 1.95. The lowest BCUT2D eigenvalue weighted by Gasteiger charge is -2.33. The maximum absolute atomic E-state index is 12.2. The Kier molecular flexibility index (Phi) is 6.38. The molecule has 2 rings (SSSR count). The molecule has 0 radical (unpaired) electrons. The number of carbonyl (C=O) groups excluding carboxylic acids is 3. The number of likely N-dealkylation sites (N-methyl/N-ethyl adjacent to an activating group) is 1. The molecular formula is C18H25N3O4. The Morgan fingerprint density at radius 2 is 1.76 bits per heavy atom. The number of ether oxygens (including phenoxy) is 1. The lowest BCUT2D eigenvalue weighted by molar-refractivity contribution is -0.136. The van der Waals surface area contributed by atoms with Crippen molar-refractivity contribution in [1.82, 2.24) is 4.90 Å². The van der Waals surface area contributed by atoms with Gasteiger partial charge in [0.1, 0.15) is 0 Å². The highest BCUT2D eigenvalue weighted by Crippen LogP contribution is 2.26. The number of hydrogen-bond donors (Lipinski definition) is 2. The third-order valence-corrected chi connectivity index (χ3v) is 4.64. The van der Waals surface area contributed by atoms with Crippen molar-refractivity contribution in [3.05, 3.63) is 29.8 Å². The normalized spacial score (nSPS) is 19.8. The van der Waals surface area contributed by atoms with Gasteiger partial charge in [0.2, 0.25) is 0 Å². The molecular weight excluding hydrogens is 322 g/mol. The van der Waals surface area contributed by atoms with E-state index in [9.17, 15) is 14.4 Å². The van der Waals surface area contributed by atoms with Gasteiger partial charge in [0.15, 0.2) is 6.61 Å². The molecule has 25 heavy (non-hydrogen) atoms. The SMILES string of the molecule is CC1CCC(N(C)C(=O)COC(=O)c2ccc(NC(N)=O)cc2)CC1. The summed E-state index contributed by atoms with van der Waals surface area (Å²) in [4.78, 5) is 36.7. The van der Waals surface area contributed by atoms with E-state index in [2.05, 4.69) is 12.2 Å². The van der Waals surface area contributed by atoms with Crippen molar-refractivity contribution in [3.63, 3.8) is 0 Å². The maximum atomic E-state index is 12.2. The maximum Gasteiger partial charge on any atom is 0.338 e. The minimum atomic E-state index is -0.680. The van der Waals surface area contributed by atoms with E-state index >= 15 is 0 Å². The van der Waals surface area contributed by atoms with Crippen LogP contribution in [0, 0.1) is 5.92 Å². The quantitative estimate of drug-likeness (QED) is 0.798. The van der Waals surface area contributed by atoms with Gasteiger partial charge in [0.25, 0.3) is 5.91 Å². The fraction of sp³-hybridized carbons (Fsp3) is 0.500. The molecule has 1 fully saturated rings. The molecule has 136 valence electrons. The zero-order valence-corrected chi connectivity index (χ0v) is 14.7. The highest BCUT2D eigenvalue weighted by Gasteiger charge is 2.25. The number of rotatable bonds is 5. The summed E-state index contributed by atoms with van der Waals surface area (Å²) < 4.78 is 5.10. The number of hydrogen-bond acceptors (Lipinski definition) is 4. The van der Waals surface area contributed by atoms with Gasteiger partial charge in [-0.1, -0.05) is 6.92 Å². The Hall–Kier alpha value is -2.57. The highest BCUT2D eigenvalue weighted by molar-refractivity contribution is 5.93.